The third-order valence-corrected chi connectivity index (χ3v) is 3.97. The number of ether oxygens (including phenoxy) is 2. The Bertz CT molecular complexity index is 761. The molecule has 0 fully saturated rings. The van der Waals surface area contributed by atoms with E-state index in [-0.39, 0.29) is 12.1 Å². The number of hydrogen-bond donors (Lipinski definition) is 0. The average Bonchev–Trinajstić information content (AvgIpc) is 2.83. The van der Waals surface area contributed by atoms with Crippen molar-refractivity contribution < 1.29 is 14.3 Å². The maximum absolute atomic E-state index is 12.4. The van der Waals surface area contributed by atoms with Crippen molar-refractivity contribution in [2.75, 3.05) is 13.2 Å². The summed E-state index contributed by atoms with van der Waals surface area (Å²) in [5, 5.41) is 1.04. The molecule has 1 amide bonds. The quantitative estimate of drug-likeness (QED) is 0.841. The molecule has 0 saturated carbocycles. The van der Waals surface area contributed by atoms with Crippen LogP contribution in [0.4, 0.5) is 4.79 Å². The second-order valence-corrected chi connectivity index (χ2v) is 7.23. The van der Waals surface area contributed by atoms with E-state index in [2.05, 4.69) is 22.5 Å². The Morgan fingerprint density at radius 3 is 2.79 bits per heavy atom. The van der Waals surface area contributed by atoms with Gasteiger partial charge in [-0.05, 0) is 46.8 Å². The van der Waals surface area contributed by atoms with Crippen LogP contribution in [0.2, 0.25) is 0 Å². The molecule has 0 aliphatic carbocycles. The molecule has 0 N–H and O–H groups in total. The highest BCUT2D eigenvalue weighted by atomic mass is 16.6. The zero-order valence-electron chi connectivity index (χ0n) is 15.0. The van der Waals surface area contributed by atoms with Crippen LogP contribution in [0.25, 0.3) is 11.0 Å². The number of carbonyl (C=O) groups excluding carboxylic acids is 1. The fraction of sp³-hybridized carbons (Fsp3) is 0.556. The van der Waals surface area contributed by atoms with E-state index in [0.29, 0.717) is 19.7 Å². The Labute approximate surface area is 142 Å². The van der Waals surface area contributed by atoms with Gasteiger partial charge >= 0.3 is 6.09 Å². The molecule has 2 aromatic rings. The third-order valence-electron chi connectivity index (χ3n) is 3.97. The molecule has 1 aliphatic heterocycles. The highest BCUT2D eigenvalue weighted by Gasteiger charge is 2.30. The van der Waals surface area contributed by atoms with Crippen LogP contribution in [0.1, 0.15) is 46.4 Å². The van der Waals surface area contributed by atoms with Crippen LogP contribution >= 0.6 is 0 Å². The first-order valence-electron chi connectivity index (χ1n) is 8.39. The van der Waals surface area contributed by atoms with Gasteiger partial charge in [0.1, 0.15) is 17.0 Å². The van der Waals surface area contributed by atoms with E-state index >= 15 is 0 Å². The molecule has 2 aromatic heterocycles. The summed E-state index contributed by atoms with van der Waals surface area (Å²) in [5.41, 5.74) is 1.51. The minimum atomic E-state index is -0.488. The average molecular weight is 331 g/mol. The van der Waals surface area contributed by atoms with Crippen LogP contribution in [-0.2, 0) is 11.3 Å². The lowest BCUT2D eigenvalue weighted by atomic mass is 10.2. The number of rotatable bonds is 2. The van der Waals surface area contributed by atoms with Gasteiger partial charge in [0.05, 0.1) is 25.4 Å². The molecular formula is C18H25N3O3. The summed E-state index contributed by atoms with van der Waals surface area (Å²) in [7, 11) is 0. The molecule has 0 radical (unpaired) electrons. The molecule has 6 heteroatoms. The predicted molar refractivity (Wildman–Crippen MR) is 92.3 cm³/mol. The van der Waals surface area contributed by atoms with Gasteiger partial charge in [0.2, 0.25) is 0 Å². The monoisotopic (exact) mass is 331 g/mol. The Hall–Kier alpha value is -2.24. The molecule has 1 unspecified atom stereocenters. The molecule has 1 aliphatic rings. The molecule has 3 rings (SSSR count). The molecule has 24 heavy (non-hydrogen) atoms. The summed E-state index contributed by atoms with van der Waals surface area (Å²) in [4.78, 5) is 18.7. The number of aromatic nitrogens is 2. The van der Waals surface area contributed by atoms with Gasteiger partial charge in [0, 0.05) is 17.6 Å². The van der Waals surface area contributed by atoms with Crippen LogP contribution in [0.5, 0.6) is 5.75 Å². The van der Waals surface area contributed by atoms with E-state index < -0.39 is 5.60 Å². The summed E-state index contributed by atoms with van der Waals surface area (Å²) in [6, 6.07) is 4.23. The minimum absolute atomic E-state index is 0.143. The topological polar surface area (TPSA) is 56.6 Å². The molecule has 0 saturated heterocycles. The van der Waals surface area contributed by atoms with E-state index in [1.165, 1.54) is 0 Å². The first-order chi connectivity index (χ1) is 11.3. The lowest BCUT2D eigenvalue weighted by molar-refractivity contribution is 0.0175. The van der Waals surface area contributed by atoms with Crippen LogP contribution in [0.15, 0.2) is 18.3 Å². The second-order valence-electron chi connectivity index (χ2n) is 7.23. The third kappa shape index (κ3) is 3.18. The molecule has 0 aromatic carbocycles. The normalized spacial score (nSPS) is 17.7. The Morgan fingerprint density at radius 2 is 2.12 bits per heavy atom. The maximum Gasteiger partial charge on any atom is 0.410 e. The summed E-state index contributed by atoms with van der Waals surface area (Å²) in [5.74, 6) is 0.768. The largest absolute Gasteiger partial charge is 0.492 e. The summed E-state index contributed by atoms with van der Waals surface area (Å²) in [6.07, 6.45) is 1.49. The van der Waals surface area contributed by atoms with Gasteiger partial charge in [-0.3, -0.25) is 0 Å². The van der Waals surface area contributed by atoms with Crippen LogP contribution in [-0.4, -0.2) is 39.3 Å². The van der Waals surface area contributed by atoms with E-state index in [1.54, 1.807) is 11.1 Å². The highest BCUT2D eigenvalue weighted by Crippen LogP contribution is 2.30. The number of fused-ring (bicyclic) bond motifs is 3. The van der Waals surface area contributed by atoms with Crippen molar-refractivity contribution in [2.24, 2.45) is 0 Å². The maximum atomic E-state index is 12.4. The zero-order valence-corrected chi connectivity index (χ0v) is 15.0. The van der Waals surface area contributed by atoms with Gasteiger partial charge in [-0.25, -0.2) is 9.78 Å². The SMILES string of the molecule is CCOc1cnc2c(c1)cc1n2C(C)CN(C(=O)OC(C)(C)C)C1. The van der Waals surface area contributed by atoms with E-state index in [0.717, 1.165) is 22.5 Å². The van der Waals surface area contributed by atoms with Crippen LogP contribution in [0, 0.1) is 0 Å². The van der Waals surface area contributed by atoms with Gasteiger partial charge in [-0.15, -0.1) is 0 Å². The van der Waals surface area contributed by atoms with Crippen molar-refractivity contribution in [2.45, 2.75) is 52.8 Å². The standard InChI is InChI=1S/C18H25N3O3/c1-6-23-15-8-13-7-14-11-20(17(22)24-18(3,4)5)10-12(2)21(14)16(13)19-9-15/h7-9,12H,6,10-11H2,1-5H3. The number of carbonyl (C=O) groups is 1. The first-order valence-corrected chi connectivity index (χ1v) is 8.39. The Balaban J connectivity index is 1.90. The molecular weight excluding hydrogens is 306 g/mol. The fourth-order valence-corrected chi connectivity index (χ4v) is 3.13. The molecule has 0 spiro atoms. The van der Waals surface area contributed by atoms with Crippen molar-refractivity contribution >= 4 is 17.1 Å². The number of nitrogens with zero attached hydrogens (tertiary/aromatic N) is 3. The molecule has 6 nitrogen and oxygen atoms in total. The van der Waals surface area contributed by atoms with E-state index in [4.69, 9.17) is 9.47 Å². The van der Waals surface area contributed by atoms with E-state index in [1.807, 2.05) is 33.8 Å². The lowest BCUT2D eigenvalue weighted by Gasteiger charge is -2.34. The van der Waals surface area contributed by atoms with Crippen molar-refractivity contribution in [3.8, 4) is 5.75 Å². The zero-order chi connectivity index (χ0) is 17.5. The summed E-state index contributed by atoms with van der Waals surface area (Å²) in [6.45, 7) is 11.5. The lowest BCUT2D eigenvalue weighted by Crippen LogP contribution is -2.42. The molecule has 1 atom stereocenters. The van der Waals surface area contributed by atoms with Crippen LogP contribution < -0.4 is 4.74 Å². The van der Waals surface area contributed by atoms with Gasteiger partial charge < -0.3 is 18.9 Å². The molecule has 130 valence electrons. The second kappa shape index (κ2) is 6.00. The molecule has 0 bridgehead atoms. The van der Waals surface area contributed by atoms with Crippen LogP contribution in [0.3, 0.4) is 0 Å². The number of pyridine rings is 1. The van der Waals surface area contributed by atoms with Crippen molar-refractivity contribution in [1.82, 2.24) is 14.5 Å². The van der Waals surface area contributed by atoms with Gasteiger partial charge in [0.25, 0.3) is 0 Å². The van der Waals surface area contributed by atoms with Gasteiger partial charge in [-0.2, -0.15) is 0 Å². The van der Waals surface area contributed by atoms with Crippen molar-refractivity contribution in [3.63, 3.8) is 0 Å². The van der Waals surface area contributed by atoms with E-state index in [9.17, 15) is 4.79 Å². The van der Waals surface area contributed by atoms with Crippen molar-refractivity contribution in [3.05, 3.63) is 24.0 Å². The summed E-state index contributed by atoms with van der Waals surface area (Å²) >= 11 is 0. The first kappa shape index (κ1) is 16.6. The minimum Gasteiger partial charge on any atom is -0.492 e. The number of amides is 1. The van der Waals surface area contributed by atoms with Gasteiger partial charge in [0.15, 0.2) is 0 Å². The molecule has 3 heterocycles. The Kier molecular flexibility index (Phi) is 4.15. The predicted octanol–water partition coefficient (Wildman–Crippen LogP) is 3.75. The van der Waals surface area contributed by atoms with Crippen molar-refractivity contribution in [1.29, 1.82) is 0 Å². The summed E-state index contributed by atoms with van der Waals surface area (Å²) < 4.78 is 13.2. The smallest absolute Gasteiger partial charge is 0.410 e. The number of hydrogen-bond acceptors (Lipinski definition) is 4. The highest BCUT2D eigenvalue weighted by molar-refractivity contribution is 5.79. The Morgan fingerprint density at radius 1 is 1.38 bits per heavy atom. The fourth-order valence-electron chi connectivity index (χ4n) is 3.13. The van der Waals surface area contributed by atoms with Gasteiger partial charge in [-0.1, -0.05) is 0 Å².